The van der Waals surface area contributed by atoms with E-state index in [9.17, 15) is 0 Å². The lowest BCUT2D eigenvalue weighted by molar-refractivity contribution is -0.327. The van der Waals surface area contributed by atoms with Crippen molar-refractivity contribution in [3.05, 3.63) is 144 Å². The normalized spacial score (nSPS) is 22.2. The van der Waals surface area contributed by atoms with Gasteiger partial charge < -0.3 is 28.4 Å². The average molecular weight is 569 g/mol. The van der Waals surface area contributed by atoms with E-state index in [0.717, 1.165) is 22.3 Å². The van der Waals surface area contributed by atoms with E-state index in [1.54, 1.807) is 0 Å². The van der Waals surface area contributed by atoms with Gasteiger partial charge >= 0.3 is 0 Å². The van der Waals surface area contributed by atoms with Gasteiger partial charge in [-0.05, 0) is 29.2 Å². The second-order valence-corrected chi connectivity index (χ2v) is 10.3. The van der Waals surface area contributed by atoms with Crippen LogP contribution in [0.4, 0.5) is 0 Å². The number of hydrogen-bond donors (Lipinski definition) is 0. The van der Waals surface area contributed by atoms with Crippen LogP contribution in [0.25, 0.3) is 0 Å². The molecule has 0 saturated carbocycles. The summed E-state index contributed by atoms with van der Waals surface area (Å²) in [5, 5.41) is 0. The lowest BCUT2D eigenvalue weighted by Crippen LogP contribution is -2.61. The number of hydrogen-bond acceptors (Lipinski definition) is 6. The van der Waals surface area contributed by atoms with E-state index in [1.165, 1.54) is 0 Å². The highest BCUT2D eigenvalue weighted by Crippen LogP contribution is 2.31. The van der Waals surface area contributed by atoms with E-state index in [-0.39, 0.29) is 0 Å². The van der Waals surface area contributed by atoms with Gasteiger partial charge in [-0.2, -0.15) is 0 Å². The first-order chi connectivity index (χ1) is 20.8. The van der Waals surface area contributed by atoms with Crippen LogP contribution in [0.3, 0.4) is 0 Å². The molecule has 0 aromatic heterocycles. The molecule has 220 valence electrons. The fourth-order valence-electron chi connectivity index (χ4n) is 5.05. The number of rotatable bonds is 15. The molecule has 0 bridgehead atoms. The summed E-state index contributed by atoms with van der Waals surface area (Å²) in [5.74, 6) is 0. The maximum Gasteiger partial charge on any atom is 0.186 e. The predicted octanol–water partition coefficient (Wildman–Crippen LogP) is 6.72. The number of benzene rings is 4. The molecule has 42 heavy (non-hydrogen) atoms. The van der Waals surface area contributed by atoms with Gasteiger partial charge in [0.25, 0.3) is 0 Å². The van der Waals surface area contributed by atoms with Gasteiger partial charge in [0.15, 0.2) is 6.29 Å². The van der Waals surface area contributed by atoms with Gasteiger partial charge in [0, 0.05) is 6.61 Å². The van der Waals surface area contributed by atoms with Crippen LogP contribution in [0.5, 0.6) is 0 Å². The predicted molar refractivity (Wildman–Crippen MR) is 161 cm³/mol. The summed E-state index contributed by atoms with van der Waals surface area (Å²) >= 11 is 0. The minimum absolute atomic E-state index is 0.314. The van der Waals surface area contributed by atoms with Crippen LogP contribution in [0, 0.1) is 0 Å². The third-order valence-corrected chi connectivity index (χ3v) is 7.17. The fraction of sp³-hybridized carbons (Fsp3) is 0.333. The maximum absolute atomic E-state index is 6.68. The maximum atomic E-state index is 6.68. The Hall–Kier alpha value is -3.36. The molecular formula is C36H40O6. The summed E-state index contributed by atoms with van der Waals surface area (Å²) < 4.78 is 38.7. The third-order valence-electron chi connectivity index (χ3n) is 7.17. The quantitative estimate of drug-likeness (QED) is 0.159. The molecule has 0 N–H and O–H groups in total. The molecule has 0 spiro atoms. The summed E-state index contributed by atoms with van der Waals surface area (Å²) in [6.07, 6.45) is -2.57. The highest BCUT2D eigenvalue weighted by molar-refractivity contribution is 5.16. The molecule has 0 unspecified atom stereocenters. The molecule has 6 nitrogen and oxygen atoms in total. The molecule has 0 radical (unpaired) electrons. The van der Waals surface area contributed by atoms with Crippen molar-refractivity contribution in [1.29, 1.82) is 0 Å². The second-order valence-electron chi connectivity index (χ2n) is 10.3. The van der Waals surface area contributed by atoms with Gasteiger partial charge in [0.1, 0.15) is 24.4 Å². The van der Waals surface area contributed by atoms with Gasteiger partial charge in [0.2, 0.25) is 0 Å². The summed E-state index contributed by atoms with van der Waals surface area (Å²) in [6.45, 7) is 4.40. The van der Waals surface area contributed by atoms with Gasteiger partial charge in [-0.3, -0.25) is 0 Å². The van der Waals surface area contributed by atoms with Gasteiger partial charge in [-0.15, -0.1) is 0 Å². The molecule has 0 aliphatic carbocycles. The van der Waals surface area contributed by atoms with Crippen molar-refractivity contribution >= 4 is 0 Å². The topological polar surface area (TPSA) is 55.4 Å². The van der Waals surface area contributed by atoms with Crippen LogP contribution in [0.15, 0.2) is 121 Å². The first-order valence-electron chi connectivity index (χ1n) is 14.7. The van der Waals surface area contributed by atoms with E-state index >= 15 is 0 Å². The van der Waals surface area contributed by atoms with Crippen molar-refractivity contribution in [3.8, 4) is 0 Å². The molecule has 1 aliphatic heterocycles. The first kappa shape index (κ1) is 30.1. The molecule has 1 heterocycles. The minimum Gasteiger partial charge on any atom is -0.374 e. The molecule has 4 aromatic carbocycles. The Kier molecular flexibility index (Phi) is 11.7. The third kappa shape index (κ3) is 8.82. The van der Waals surface area contributed by atoms with Crippen LogP contribution in [0.1, 0.15) is 29.2 Å². The average Bonchev–Trinajstić information content (AvgIpc) is 3.05. The highest BCUT2D eigenvalue weighted by atomic mass is 16.7. The lowest BCUT2D eigenvalue weighted by atomic mass is 9.97. The van der Waals surface area contributed by atoms with E-state index < -0.39 is 30.7 Å². The monoisotopic (exact) mass is 568 g/mol. The standard InChI is InChI=1S/C36H40O6/c1-2-38-36-35(41-26-31-21-13-6-14-22-31)34(40-25-30-19-11-5-12-20-30)33(39-24-29-17-9-4-10-18-29)32(42-36)27-37-23-28-15-7-3-8-16-28/h3-22,32-36H,2,23-27H2,1H3/t32-,33+,34+,35-,36-/m1/s1. The Bertz CT molecular complexity index is 1270. The fourth-order valence-corrected chi connectivity index (χ4v) is 5.05. The smallest absolute Gasteiger partial charge is 0.186 e. The van der Waals surface area contributed by atoms with Crippen molar-refractivity contribution in [2.75, 3.05) is 13.2 Å². The lowest BCUT2D eigenvalue weighted by Gasteiger charge is -2.45. The summed E-state index contributed by atoms with van der Waals surface area (Å²) in [4.78, 5) is 0. The van der Waals surface area contributed by atoms with E-state index in [1.807, 2.05) is 104 Å². The second kappa shape index (κ2) is 16.3. The Morgan fingerprint density at radius 1 is 0.476 bits per heavy atom. The zero-order valence-electron chi connectivity index (χ0n) is 24.1. The Labute approximate surface area is 249 Å². The molecule has 4 aromatic rings. The largest absolute Gasteiger partial charge is 0.374 e. The van der Waals surface area contributed by atoms with Crippen molar-refractivity contribution in [2.45, 2.75) is 64.1 Å². The molecule has 5 rings (SSSR count). The van der Waals surface area contributed by atoms with Crippen molar-refractivity contribution in [1.82, 2.24) is 0 Å². The minimum atomic E-state index is -0.651. The molecule has 6 heteroatoms. The van der Waals surface area contributed by atoms with Crippen molar-refractivity contribution in [2.24, 2.45) is 0 Å². The van der Waals surface area contributed by atoms with Crippen molar-refractivity contribution in [3.63, 3.8) is 0 Å². The summed E-state index contributed by atoms with van der Waals surface area (Å²) in [5.41, 5.74) is 4.29. The number of ether oxygens (including phenoxy) is 6. The van der Waals surface area contributed by atoms with E-state index in [2.05, 4.69) is 24.3 Å². The van der Waals surface area contributed by atoms with E-state index in [0.29, 0.717) is 39.6 Å². The van der Waals surface area contributed by atoms with Crippen LogP contribution >= 0.6 is 0 Å². The van der Waals surface area contributed by atoms with Crippen molar-refractivity contribution < 1.29 is 28.4 Å². The Morgan fingerprint density at radius 2 is 0.881 bits per heavy atom. The Balaban J connectivity index is 1.40. The SMILES string of the molecule is CCO[C@@H]1O[C@H](COCc2ccccc2)[C@H](OCc2ccccc2)[C@H](OCc2ccccc2)[C@H]1OCc1ccccc1. The van der Waals surface area contributed by atoms with Crippen LogP contribution in [-0.2, 0) is 54.8 Å². The molecule has 5 atom stereocenters. The van der Waals surface area contributed by atoms with Gasteiger partial charge in [0.05, 0.1) is 33.0 Å². The summed E-state index contributed by atoms with van der Waals surface area (Å²) in [6, 6.07) is 40.5. The molecule has 1 aliphatic rings. The zero-order chi connectivity index (χ0) is 28.8. The molecule has 1 fully saturated rings. The van der Waals surface area contributed by atoms with Crippen LogP contribution < -0.4 is 0 Å². The molecule has 1 saturated heterocycles. The van der Waals surface area contributed by atoms with E-state index in [4.69, 9.17) is 28.4 Å². The highest BCUT2D eigenvalue weighted by Gasteiger charge is 2.49. The van der Waals surface area contributed by atoms with Crippen LogP contribution in [0.2, 0.25) is 0 Å². The molecule has 0 amide bonds. The zero-order valence-corrected chi connectivity index (χ0v) is 24.1. The van der Waals surface area contributed by atoms with Gasteiger partial charge in [-0.25, -0.2) is 0 Å². The Morgan fingerprint density at radius 3 is 1.33 bits per heavy atom. The molecular weight excluding hydrogens is 528 g/mol. The van der Waals surface area contributed by atoms with Crippen LogP contribution in [-0.4, -0.2) is 43.9 Å². The first-order valence-corrected chi connectivity index (χ1v) is 14.7. The summed E-state index contributed by atoms with van der Waals surface area (Å²) in [7, 11) is 0. The van der Waals surface area contributed by atoms with Gasteiger partial charge in [-0.1, -0.05) is 121 Å².